The normalized spacial score (nSPS) is 10.7. The second kappa shape index (κ2) is 7.29. The van der Waals surface area contributed by atoms with Crippen LogP contribution in [0.2, 0.25) is 0 Å². The molecule has 106 valence electrons. The highest BCUT2D eigenvalue weighted by Crippen LogP contribution is 2.19. The van der Waals surface area contributed by atoms with Gasteiger partial charge in [-0.1, -0.05) is 25.1 Å². The lowest BCUT2D eigenvalue weighted by Gasteiger charge is -2.18. The highest BCUT2D eigenvalue weighted by Gasteiger charge is 2.10. The number of fused-ring (bicyclic) bond motifs is 1. The molecule has 1 amide bonds. The van der Waals surface area contributed by atoms with E-state index in [0.717, 1.165) is 17.6 Å². The molecule has 0 spiro atoms. The van der Waals surface area contributed by atoms with E-state index in [1.165, 1.54) is 10.9 Å². The fourth-order valence-electron chi connectivity index (χ4n) is 2.09. The lowest BCUT2D eigenvalue weighted by molar-refractivity contribution is -0.127. The molecule has 3 nitrogen and oxygen atoms in total. The van der Waals surface area contributed by atoms with Crippen LogP contribution in [0.5, 0.6) is 0 Å². The van der Waals surface area contributed by atoms with Gasteiger partial charge >= 0.3 is 0 Å². The topological polar surface area (TPSA) is 33.2 Å². The first-order valence-electron chi connectivity index (χ1n) is 6.85. The standard InChI is InChI=1S/C16H20N2OS/c1-3-9-20-12-16(19)18(2)11-14-6-4-5-13-10-17-8-7-15(13)14/h4-8,10H,3,9,11-12H2,1-2H3. The van der Waals surface area contributed by atoms with Gasteiger partial charge in [0, 0.05) is 31.4 Å². The molecule has 0 saturated carbocycles. The number of benzene rings is 1. The first kappa shape index (κ1) is 14.9. The van der Waals surface area contributed by atoms with Crippen LogP contribution < -0.4 is 0 Å². The van der Waals surface area contributed by atoms with Crippen LogP contribution in [0.4, 0.5) is 0 Å². The molecule has 0 aliphatic carbocycles. The maximum Gasteiger partial charge on any atom is 0.232 e. The molecular weight excluding hydrogens is 268 g/mol. The fourth-order valence-corrected chi connectivity index (χ4v) is 2.91. The third kappa shape index (κ3) is 3.73. The van der Waals surface area contributed by atoms with Crippen molar-refractivity contribution in [3.8, 4) is 0 Å². The van der Waals surface area contributed by atoms with Gasteiger partial charge in [0.15, 0.2) is 0 Å². The Labute approximate surface area is 124 Å². The Bertz CT molecular complexity index is 580. The van der Waals surface area contributed by atoms with Gasteiger partial charge in [0.05, 0.1) is 5.75 Å². The van der Waals surface area contributed by atoms with Gasteiger partial charge < -0.3 is 4.90 Å². The number of nitrogens with zero attached hydrogens (tertiary/aromatic N) is 2. The summed E-state index contributed by atoms with van der Waals surface area (Å²) in [4.78, 5) is 18.0. The second-order valence-corrected chi connectivity index (χ2v) is 5.92. The van der Waals surface area contributed by atoms with Crippen molar-refractivity contribution in [2.75, 3.05) is 18.6 Å². The minimum absolute atomic E-state index is 0.189. The smallest absolute Gasteiger partial charge is 0.232 e. The first-order valence-corrected chi connectivity index (χ1v) is 8.01. The van der Waals surface area contributed by atoms with E-state index in [-0.39, 0.29) is 5.91 Å². The van der Waals surface area contributed by atoms with Crippen LogP contribution in [0.15, 0.2) is 36.7 Å². The first-order chi connectivity index (χ1) is 9.72. The van der Waals surface area contributed by atoms with Crippen LogP contribution in [0.3, 0.4) is 0 Å². The van der Waals surface area contributed by atoms with Crippen molar-refractivity contribution in [2.45, 2.75) is 19.9 Å². The molecule has 20 heavy (non-hydrogen) atoms. The molecule has 2 rings (SSSR count). The number of amides is 1. The Balaban J connectivity index is 2.06. The Hall–Kier alpha value is -1.55. The maximum absolute atomic E-state index is 12.1. The van der Waals surface area contributed by atoms with Crippen LogP contribution in [0, 0.1) is 0 Å². The number of carbonyl (C=O) groups excluding carboxylic acids is 1. The number of pyridine rings is 1. The summed E-state index contributed by atoms with van der Waals surface area (Å²) in [7, 11) is 1.87. The van der Waals surface area contributed by atoms with Crippen molar-refractivity contribution in [1.29, 1.82) is 0 Å². The molecule has 2 aromatic rings. The zero-order valence-corrected chi connectivity index (χ0v) is 12.8. The fraction of sp³-hybridized carbons (Fsp3) is 0.375. The van der Waals surface area contributed by atoms with Crippen LogP contribution in [-0.2, 0) is 11.3 Å². The predicted molar refractivity (Wildman–Crippen MR) is 85.8 cm³/mol. The van der Waals surface area contributed by atoms with Crippen LogP contribution >= 0.6 is 11.8 Å². The van der Waals surface area contributed by atoms with Crippen LogP contribution in [-0.4, -0.2) is 34.3 Å². The highest BCUT2D eigenvalue weighted by molar-refractivity contribution is 7.99. The molecule has 0 aliphatic rings. The minimum atomic E-state index is 0.189. The Morgan fingerprint density at radius 2 is 2.20 bits per heavy atom. The van der Waals surface area contributed by atoms with Crippen molar-refractivity contribution >= 4 is 28.4 Å². The van der Waals surface area contributed by atoms with Gasteiger partial charge in [0.2, 0.25) is 5.91 Å². The predicted octanol–water partition coefficient (Wildman–Crippen LogP) is 3.34. The van der Waals surface area contributed by atoms with Crippen molar-refractivity contribution in [3.05, 3.63) is 42.2 Å². The van der Waals surface area contributed by atoms with Gasteiger partial charge in [-0.05, 0) is 29.2 Å². The van der Waals surface area contributed by atoms with Gasteiger partial charge in [-0.15, -0.1) is 0 Å². The minimum Gasteiger partial charge on any atom is -0.341 e. The quantitative estimate of drug-likeness (QED) is 0.764. The largest absolute Gasteiger partial charge is 0.341 e. The van der Waals surface area contributed by atoms with E-state index in [1.807, 2.05) is 31.4 Å². The Morgan fingerprint density at radius 3 is 3.00 bits per heavy atom. The van der Waals surface area contributed by atoms with Crippen LogP contribution in [0.1, 0.15) is 18.9 Å². The average Bonchev–Trinajstić information content (AvgIpc) is 2.47. The van der Waals surface area contributed by atoms with Gasteiger partial charge in [-0.3, -0.25) is 9.78 Å². The monoisotopic (exact) mass is 288 g/mol. The SMILES string of the molecule is CCCSCC(=O)N(C)Cc1cccc2cnccc12. The van der Waals surface area contributed by atoms with E-state index >= 15 is 0 Å². The van der Waals surface area contributed by atoms with Crippen molar-refractivity contribution < 1.29 is 4.79 Å². The summed E-state index contributed by atoms with van der Waals surface area (Å²) in [5.74, 6) is 1.80. The Kier molecular flexibility index (Phi) is 5.41. The van der Waals surface area contributed by atoms with Crippen LogP contribution in [0.25, 0.3) is 10.8 Å². The lowest BCUT2D eigenvalue weighted by atomic mass is 10.1. The van der Waals surface area contributed by atoms with Gasteiger partial charge in [-0.25, -0.2) is 0 Å². The number of thioether (sulfide) groups is 1. The summed E-state index contributed by atoms with van der Waals surface area (Å²) >= 11 is 1.70. The third-order valence-corrected chi connectivity index (χ3v) is 4.33. The molecular formula is C16H20N2OS. The summed E-state index contributed by atoms with van der Waals surface area (Å²) in [5, 5.41) is 2.29. The summed E-state index contributed by atoms with van der Waals surface area (Å²) in [6.45, 7) is 2.78. The van der Waals surface area contributed by atoms with E-state index in [1.54, 1.807) is 22.9 Å². The summed E-state index contributed by atoms with van der Waals surface area (Å²) in [6.07, 6.45) is 4.76. The number of hydrogen-bond acceptors (Lipinski definition) is 3. The molecule has 0 radical (unpaired) electrons. The summed E-state index contributed by atoms with van der Waals surface area (Å²) in [5.41, 5.74) is 1.17. The Morgan fingerprint density at radius 1 is 1.35 bits per heavy atom. The van der Waals surface area contributed by atoms with E-state index < -0.39 is 0 Å². The average molecular weight is 288 g/mol. The number of hydrogen-bond donors (Lipinski definition) is 0. The summed E-state index contributed by atoms with van der Waals surface area (Å²) < 4.78 is 0. The van der Waals surface area contributed by atoms with Gasteiger partial charge in [0.25, 0.3) is 0 Å². The number of rotatable bonds is 6. The summed E-state index contributed by atoms with van der Waals surface area (Å²) in [6, 6.07) is 8.15. The molecule has 0 N–H and O–H groups in total. The second-order valence-electron chi connectivity index (χ2n) is 4.82. The third-order valence-electron chi connectivity index (χ3n) is 3.18. The van der Waals surface area contributed by atoms with E-state index in [0.29, 0.717) is 12.3 Å². The molecule has 4 heteroatoms. The van der Waals surface area contributed by atoms with Crippen molar-refractivity contribution in [1.82, 2.24) is 9.88 Å². The highest BCUT2D eigenvalue weighted by atomic mass is 32.2. The van der Waals surface area contributed by atoms with Gasteiger partial charge in [-0.2, -0.15) is 11.8 Å². The molecule has 0 saturated heterocycles. The van der Waals surface area contributed by atoms with Crippen molar-refractivity contribution in [2.24, 2.45) is 0 Å². The number of aromatic nitrogens is 1. The zero-order valence-electron chi connectivity index (χ0n) is 12.0. The molecule has 0 aliphatic heterocycles. The van der Waals surface area contributed by atoms with Gasteiger partial charge in [0.1, 0.15) is 0 Å². The van der Waals surface area contributed by atoms with E-state index in [9.17, 15) is 4.79 Å². The zero-order chi connectivity index (χ0) is 14.4. The van der Waals surface area contributed by atoms with E-state index in [4.69, 9.17) is 0 Å². The molecule has 1 aromatic heterocycles. The lowest BCUT2D eigenvalue weighted by Crippen LogP contribution is -2.28. The molecule has 1 aromatic carbocycles. The molecule has 0 bridgehead atoms. The maximum atomic E-state index is 12.1. The molecule has 0 unspecified atom stereocenters. The molecule has 0 fully saturated rings. The molecule has 0 atom stereocenters. The number of carbonyl (C=O) groups is 1. The molecule has 1 heterocycles. The van der Waals surface area contributed by atoms with Crippen molar-refractivity contribution in [3.63, 3.8) is 0 Å². The van der Waals surface area contributed by atoms with E-state index in [2.05, 4.69) is 18.0 Å².